The molecule has 0 amide bonds. The number of aliphatic hydroxyl groups is 1. The molecule has 0 bridgehead atoms. The van der Waals surface area contributed by atoms with Crippen molar-refractivity contribution in [3.05, 3.63) is 0 Å². The monoisotopic (exact) mass is 169 g/mol. The highest BCUT2D eigenvalue weighted by atomic mass is 32.2. The average Bonchev–Trinajstić information content (AvgIpc) is 1.59. The Bertz CT molecular complexity index is 174. The summed E-state index contributed by atoms with van der Waals surface area (Å²) < 4.78 is 28.3. The van der Waals surface area contributed by atoms with Gasteiger partial charge in [-0.1, -0.05) is 0 Å². The molecular formula is C4H11NO4S. The first-order valence-corrected chi connectivity index (χ1v) is 4.39. The second-order valence-corrected chi connectivity index (χ2v) is 3.49. The van der Waals surface area contributed by atoms with Gasteiger partial charge in [0.05, 0.1) is 5.75 Å². The van der Waals surface area contributed by atoms with E-state index in [0.717, 1.165) is 0 Å². The van der Waals surface area contributed by atoms with Crippen LogP contribution in [0.15, 0.2) is 0 Å². The Hall–Kier alpha value is -0.170. The van der Waals surface area contributed by atoms with Crippen LogP contribution in [0.1, 0.15) is 6.92 Å². The maximum Gasteiger partial charge on any atom is 0.266 e. The van der Waals surface area contributed by atoms with Gasteiger partial charge in [0.2, 0.25) is 0 Å². The highest BCUT2D eigenvalue weighted by molar-refractivity contribution is 7.85. The summed E-state index contributed by atoms with van der Waals surface area (Å²) in [6, 6.07) is 0. The van der Waals surface area contributed by atoms with Gasteiger partial charge in [0.15, 0.2) is 0 Å². The van der Waals surface area contributed by atoms with Crippen molar-refractivity contribution in [2.45, 2.75) is 13.2 Å². The summed E-state index contributed by atoms with van der Waals surface area (Å²) >= 11 is 0. The van der Waals surface area contributed by atoms with Crippen LogP contribution < -0.4 is 5.32 Å². The van der Waals surface area contributed by atoms with Gasteiger partial charge in [-0.2, -0.15) is 8.42 Å². The Morgan fingerprint density at radius 2 is 2.10 bits per heavy atom. The smallest absolute Gasteiger partial charge is 0.266 e. The summed E-state index contributed by atoms with van der Waals surface area (Å²) in [5, 5.41) is 11.0. The van der Waals surface area contributed by atoms with Crippen LogP contribution in [0.2, 0.25) is 0 Å². The standard InChI is InChI=1S/C4H11NO4S/c1-4(6)5-2-3-10(7,8)9/h4-6H,2-3H2,1H3,(H,7,8,9). The molecule has 0 aliphatic rings. The lowest BCUT2D eigenvalue weighted by Crippen LogP contribution is -2.30. The Morgan fingerprint density at radius 1 is 1.60 bits per heavy atom. The van der Waals surface area contributed by atoms with Gasteiger partial charge in [0, 0.05) is 6.54 Å². The van der Waals surface area contributed by atoms with Crippen LogP contribution >= 0.6 is 0 Å². The molecule has 5 nitrogen and oxygen atoms in total. The van der Waals surface area contributed by atoms with E-state index in [0.29, 0.717) is 0 Å². The van der Waals surface area contributed by atoms with Crippen molar-refractivity contribution in [2.24, 2.45) is 0 Å². The summed E-state index contributed by atoms with van der Waals surface area (Å²) in [4.78, 5) is 0. The Morgan fingerprint density at radius 3 is 2.40 bits per heavy atom. The molecule has 0 aliphatic carbocycles. The number of aliphatic hydroxyl groups excluding tert-OH is 1. The molecule has 0 aromatic heterocycles. The van der Waals surface area contributed by atoms with Crippen molar-refractivity contribution in [3.8, 4) is 0 Å². The van der Waals surface area contributed by atoms with Crippen LogP contribution in [0.4, 0.5) is 0 Å². The first-order chi connectivity index (χ1) is 4.42. The fourth-order valence-corrected chi connectivity index (χ4v) is 0.773. The molecule has 3 N–H and O–H groups in total. The van der Waals surface area contributed by atoms with E-state index < -0.39 is 16.3 Å². The molecule has 1 atom stereocenters. The summed E-state index contributed by atoms with van der Waals surface area (Å²) in [7, 11) is -3.89. The van der Waals surface area contributed by atoms with Gasteiger partial charge in [0.1, 0.15) is 6.23 Å². The average molecular weight is 169 g/mol. The molecule has 0 radical (unpaired) electrons. The van der Waals surface area contributed by atoms with E-state index >= 15 is 0 Å². The van der Waals surface area contributed by atoms with Gasteiger partial charge in [-0.05, 0) is 6.92 Å². The normalized spacial score (nSPS) is 15.1. The van der Waals surface area contributed by atoms with Crippen LogP contribution in [-0.2, 0) is 10.1 Å². The highest BCUT2D eigenvalue weighted by Gasteiger charge is 2.03. The Kier molecular flexibility index (Phi) is 3.80. The third-order valence-corrected chi connectivity index (χ3v) is 1.52. The van der Waals surface area contributed by atoms with Gasteiger partial charge >= 0.3 is 0 Å². The second kappa shape index (κ2) is 3.87. The zero-order valence-corrected chi connectivity index (χ0v) is 6.43. The molecule has 10 heavy (non-hydrogen) atoms. The van der Waals surface area contributed by atoms with Crippen LogP contribution in [0.3, 0.4) is 0 Å². The zero-order chi connectivity index (χ0) is 8.20. The van der Waals surface area contributed by atoms with Crippen molar-refractivity contribution in [2.75, 3.05) is 12.3 Å². The van der Waals surface area contributed by atoms with E-state index in [1.807, 2.05) is 0 Å². The molecule has 0 spiro atoms. The SMILES string of the molecule is CC(O)NCCS(=O)(=O)O. The van der Waals surface area contributed by atoms with E-state index in [9.17, 15) is 8.42 Å². The van der Waals surface area contributed by atoms with Gasteiger partial charge in [-0.3, -0.25) is 9.87 Å². The van der Waals surface area contributed by atoms with Crippen molar-refractivity contribution in [1.82, 2.24) is 5.32 Å². The molecule has 0 rings (SSSR count). The van der Waals surface area contributed by atoms with E-state index in [1.165, 1.54) is 6.92 Å². The van der Waals surface area contributed by atoms with Gasteiger partial charge in [-0.25, -0.2) is 0 Å². The summed E-state index contributed by atoms with van der Waals surface area (Å²) in [5.74, 6) is -0.377. The lowest BCUT2D eigenvalue weighted by Gasteiger charge is -2.04. The van der Waals surface area contributed by atoms with Gasteiger partial charge in [-0.15, -0.1) is 0 Å². The summed E-state index contributed by atoms with van der Waals surface area (Å²) in [5.41, 5.74) is 0. The largest absolute Gasteiger partial charge is 0.379 e. The maximum absolute atomic E-state index is 10.0. The van der Waals surface area contributed by atoms with E-state index in [4.69, 9.17) is 9.66 Å². The molecule has 6 heteroatoms. The Labute approximate surface area is 59.8 Å². The number of nitrogens with one attached hydrogen (secondary N) is 1. The topological polar surface area (TPSA) is 86.6 Å². The van der Waals surface area contributed by atoms with Gasteiger partial charge in [0.25, 0.3) is 10.1 Å². The highest BCUT2D eigenvalue weighted by Crippen LogP contribution is 1.79. The molecule has 0 heterocycles. The van der Waals surface area contributed by atoms with E-state index in [2.05, 4.69) is 5.32 Å². The summed E-state index contributed by atoms with van der Waals surface area (Å²) in [6.45, 7) is 1.51. The third-order valence-electron chi connectivity index (χ3n) is 0.800. The number of rotatable bonds is 4. The van der Waals surface area contributed by atoms with Crippen LogP contribution in [0.5, 0.6) is 0 Å². The first kappa shape index (κ1) is 9.83. The van der Waals surface area contributed by atoms with Crippen LogP contribution in [0.25, 0.3) is 0 Å². The van der Waals surface area contributed by atoms with E-state index in [-0.39, 0.29) is 12.3 Å². The third kappa shape index (κ3) is 7.83. The fraction of sp³-hybridized carbons (Fsp3) is 1.00. The van der Waals surface area contributed by atoms with Crippen molar-refractivity contribution in [1.29, 1.82) is 0 Å². The lowest BCUT2D eigenvalue weighted by atomic mass is 10.6. The molecule has 62 valence electrons. The minimum Gasteiger partial charge on any atom is -0.379 e. The van der Waals surface area contributed by atoms with Crippen LogP contribution in [-0.4, -0.2) is 36.6 Å². The zero-order valence-electron chi connectivity index (χ0n) is 5.61. The molecule has 0 saturated heterocycles. The van der Waals surface area contributed by atoms with E-state index in [1.54, 1.807) is 0 Å². The second-order valence-electron chi connectivity index (χ2n) is 1.92. The fourth-order valence-electron chi connectivity index (χ4n) is 0.397. The molecular weight excluding hydrogens is 158 g/mol. The summed E-state index contributed by atoms with van der Waals surface area (Å²) in [6.07, 6.45) is -0.748. The predicted molar refractivity (Wildman–Crippen MR) is 36.1 cm³/mol. The van der Waals surface area contributed by atoms with Crippen LogP contribution in [0, 0.1) is 0 Å². The minimum atomic E-state index is -3.89. The predicted octanol–water partition coefficient (Wildman–Crippen LogP) is -1.20. The van der Waals surface area contributed by atoms with Crippen molar-refractivity contribution >= 4 is 10.1 Å². The van der Waals surface area contributed by atoms with Crippen molar-refractivity contribution < 1.29 is 18.1 Å². The molecule has 0 saturated carbocycles. The lowest BCUT2D eigenvalue weighted by molar-refractivity contribution is 0.159. The molecule has 0 aromatic rings. The molecule has 0 aliphatic heterocycles. The molecule has 1 unspecified atom stereocenters. The minimum absolute atomic E-state index is 0.0521. The molecule has 0 aromatic carbocycles. The van der Waals surface area contributed by atoms with Crippen molar-refractivity contribution in [3.63, 3.8) is 0 Å². The first-order valence-electron chi connectivity index (χ1n) is 2.78. The quantitative estimate of drug-likeness (QED) is 0.363. The Balaban J connectivity index is 3.39. The number of hydrogen-bond acceptors (Lipinski definition) is 4. The maximum atomic E-state index is 10.0. The number of hydrogen-bond donors (Lipinski definition) is 3. The molecule has 0 fully saturated rings. The van der Waals surface area contributed by atoms with Gasteiger partial charge < -0.3 is 5.11 Å².